The van der Waals surface area contributed by atoms with Gasteiger partial charge in [-0.05, 0) is 25.7 Å². The Morgan fingerprint density at radius 3 is 2.86 bits per heavy atom. The van der Waals surface area contributed by atoms with Crippen LogP contribution in [-0.2, 0) is 9.59 Å². The van der Waals surface area contributed by atoms with Crippen LogP contribution in [-0.4, -0.2) is 52.3 Å². The summed E-state index contributed by atoms with van der Waals surface area (Å²) >= 11 is 1.68. The first-order valence-electron chi connectivity index (χ1n) is 8.20. The Hall–Kier alpha value is -1.43. The molecule has 22 heavy (non-hydrogen) atoms. The van der Waals surface area contributed by atoms with E-state index in [1.165, 1.54) is 0 Å². The zero-order chi connectivity index (χ0) is 15.1. The molecule has 1 aromatic heterocycles. The number of amides is 2. The topological polar surface area (TPSA) is 53.5 Å². The molecule has 1 aromatic rings. The van der Waals surface area contributed by atoms with Crippen LogP contribution in [0.1, 0.15) is 43.0 Å². The van der Waals surface area contributed by atoms with E-state index < -0.39 is 0 Å². The van der Waals surface area contributed by atoms with E-state index in [4.69, 9.17) is 0 Å². The maximum Gasteiger partial charge on any atom is 0.228 e. The number of hydrogen-bond donors (Lipinski definition) is 0. The number of aromatic nitrogens is 1. The molecule has 1 aliphatic carbocycles. The standard InChI is InChI=1S/C16H21N3O2S/c20-14-8-12(10-19(14)13-3-4-13)16(21)18-6-1-2-11(9-18)15-17-5-7-22-15/h5,7,11-13H,1-4,6,8-10H2/t11-,12+/m1/s1. The maximum atomic E-state index is 12.8. The molecule has 0 N–H and O–H groups in total. The van der Waals surface area contributed by atoms with Crippen LogP contribution in [0.3, 0.4) is 0 Å². The van der Waals surface area contributed by atoms with Gasteiger partial charge in [-0.2, -0.15) is 0 Å². The molecule has 0 aromatic carbocycles. The zero-order valence-corrected chi connectivity index (χ0v) is 13.4. The lowest BCUT2D eigenvalue weighted by atomic mass is 9.96. The summed E-state index contributed by atoms with van der Waals surface area (Å²) in [4.78, 5) is 33.1. The Balaban J connectivity index is 1.41. The van der Waals surface area contributed by atoms with E-state index >= 15 is 0 Å². The molecular formula is C16H21N3O2S. The molecule has 0 unspecified atom stereocenters. The van der Waals surface area contributed by atoms with Crippen molar-refractivity contribution < 1.29 is 9.59 Å². The minimum Gasteiger partial charge on any atom is -0.342 e. The monoisotopic (exact) mass is 319 g/mol. The van der Waals surface area contributed by atoms with Crippen molar-refractivity contribution in [1.82, 2.24) is 14.8 Å². The van der Waals surface area contributed by atoms with Gasteiger partial charge in [-0.25, -0.2) is 4.98 Å². The lowest BCUT2D eigenvalue weighted by molar-refractivity contribution is -0.137. The third-order valence-corrected chi connectivity index (χ3v) is 5.97. The third kappa shape index (κ3) is 2.64. The quantitative estimate of drug-likeness (QED) is 0.854. The van der Waals surface area contributed by atoms with Crippen molar-refractivity contribution in [1.29, 1.82) is 0 Å². The molecule has 2 amide bonds. The van der Waals surface area contributed by atoms with Crippen molar-refractivity contribution in [3.05, 3.63) is 16.6 Å². The molecule has 0 spiro atoms. The summed E-state index contributed by atoms with van der Waals surface area (Å²) in [6, 6.07) is 0.426. The highest BCUT2D eigenvalue weighted by molar-refractivity contribution is 7.09. The fraction of sp³-hybridized carbons (Fsp3) is 0.688. The summed E-state index contributed by atoms with van der Waals surface area (Å²) < 4.78 is 0. The Bertz CT molecular complexity index is 570. The average molecular weight is 319 g/mol. The molecule has 1 saturated carbocycles. The van der Waals surface area contributed by atoms with Crippen molar-refractivity contribution in [2.75, 3.05) is 19.6 Å². The van der Waals surface area contributed by atoms with Crippen LogP contribution in [0, 0.1) is 5.92 Å². The van der Waals surface area contributed by atoms with E-state index in [9.17, 15) is 9.59 Å². The highest BCUT2D eigenvalue weighted by Gasteiger charge is 2.43. The lowest BCUT2D eigenvalue weighted by Crippen LogP contribution is -2.43. The fourth-order valence-corrected chi connectivity index (χ4v) is 4.48. The molecule has 2 atom stereocenters. The summed E-state index contributed by atoms with van der Waals surface area (Å²) in [5.74, 6) is 0.601. The highest BCUT2D eigenvalue weighted by atomic mass is 32.1. The second-order valence-corrected chi connectivity index (χ2v) is 7.60. The van der Waals surface area contributed by atoms with Gasteiger partial charge >= 0.3 is 0 Å². The molecule has 5 nitrogen and oxygen atoms in total. The van der Waals surface area contributed by atoms with Crippen LogP contribution >= 0.6 is 11.3 Å². The van der Waals surface area contributed by atoms with E-state index in [0.29, 0.717) is 24.9 Å². The van der Waals surface area contributed by atoms with Crippen LogP contribution in [0.2, 0.25) is 0 Å². The van der Waals surface area contributed by atoms with Crippen molar-refractivity contribution in [3.63, 3.8) is 0 Å². The van der Waals surface area contributed by atoms with Gasteiger partial charge in [0.05, 0.1) is 10.9 Å². The summed E-state index contributed by atoms with van der Waals surface area (Å²) in [5, 5.41) is 3.14. The number of nitrogens with zero attached hydrogens (tertiary/aromatic N) is 3. The zero-order valence-electron chi connectivity index (χ0n) is 12.6. The molecule has 4 rings (SSSR count). The molecule has 3 fully saturated rings. The Morgan fingerprint density at radius 1 is 1.27 bits per heavy atom. The van der Waals surface area contributed by atoms with Crippen LogP contribution in [0.25, 0.3) is 0 Å². The van der Waals surface area contributed by atoms with E-state index in [-0.39, 0.29) is 17.7 Å². The first-order valence-corrected chi connectivity index (χ1v) is 9.08. The van der Waals surface area contributed by atoms with Gasteiger partial charge in [0, 0.05) is 49.6 Å². The van der Waals surface area contributed by atoms with Gasteiger partial charge < -0.3 is 9.80 Å². The third-order valence-electron chi connectivity index (χ3n) is 5.03. The van der Waals surface area contributed by atoms with Crippen LogP contribution < -0.4 is 0 Å². The Labute approximate surface area is 134 Å². The number of piperidine rings is 1. The second kappa shape index (κ2) is 5.65. The number of rotatable bonds is 3. The van der Waals surface area contributed by atoms with E-state index in [1.54, 1.807) is 11.3 Å². The molecule has 0 radical (unpaired) electrons. The Morgan fingerprint density at radius 2 is 2.14 bits per heavy atom. The molecular weight excluding hydrogens is 298 g/mol. The number of thiazole rings is 1. The van der Waals surface area contributed by atoms with Gasteiger partial charge in [0.15, 0.2) is 0 Å². The summed E-state index contributed by atoms with van der Waals surface area (Å²) in [6.07, 6.45) is 6.61. The predicted octanol–water partition coefficient (Wildman–Crippen LogP) is 1.86. The molecule has 118 valence electrons. The van der Waals surface area contributed by atoms with Gasteiger partial charge in [-0.1, -0.05) is 0 Å². The second-order valence-electron chi connectivity index (χ2n) is 6.67. The lowest BCUT2D eigenvalue weighted by Gasteiger charge is -2.33. The molecule has 3 aliphatic rings. The smallest absolute Gasteiger partial charge is 0.228 e. The van der Waals surface area contributed by atoms with E-state index in [0.717, 1.165) is 43.8 Å². The summed E-state index contributed by atoms with van der Waals surface area (Å²) in [7, 11) is 0. The Kier molecular flexibility index (Phi) is 3.64. The molecule has 2 saturated heterocycles. The van der Waals surface area contributed by atoms with Gasteiger partial charge in [-0.15, -0.1) is 11.3 Å². The van der Waals surface area contributed by atoms with Crippen molar-refractivity contribution in [3.8, 4) is 0 Å². The predicted molar refractivity (Wildman–Crippen MR) is 83.5 cm³/mol. The largest absolute Gasteiger partial charge is 0.342 e. The highest BCUT2D eigenvalue weighted by Crippen LogP contribution is 2.34. The summed E-state index contributed by atoms with van der Waals surface area (Å²) in [5.41, 5.74) is 0. The van der Waals surface area contributed by atoms with Crippen LogP contribution in [0.4, 0.5) is 0 Å². The number of carbonyl (C=O) groups is 2. The molecule has 0 bridgehead atoms. The maximum absolute atomic E-state index is 12.8. The fourth-order valence-electron chi connectivity index (χ4n) is 3.71. The SMILES string of the molecule is O=C([C@H]1CC(=O)N(C2CC2)C1)N1CCC[C@@H](c2nccs2)C1. The van der Waals surface area contributed by atoms with Crippen molar-refractivity contribution in [2.45, 2.75) is 44.1 Å². The van der Waals surface area contributed by atoms with Gasteiger partial charge in [0.1, 0.15) is 0 Å². The average Bonchev–Trinajstić information content (AvgIpc) is 3.09. The van der Waals surface area contributed by atoms with Gasteiger partial charge in [0.2, 0.25) is 11.8 Å². The first kappa shape index (κ1) is 14.2. The molecule has 3 heterocycles. The molecule has 2 aliphatic heterocycles. The van der Waals surface area contributed by atoms with Crippen molar-refractivity contribution >= 4 is 23.2 Å². The van der Waals surface area contributed by atoms with Crippen LogP contribution in [0.5, 0.6) is 0 Å². The normalized spacial score (nSPS) is 29.2. The minimum absolute atomic E-state index is 0.122. The summed E-state index contributed by atoms with van der Waals surface area (Å²) in [6.45, 7) is 2.23. The van der Waals surface area contributed by atoms with E-state index in [2.05, 4.69) is 4.98 Å². The first-order chi connectivity index (χ1) is 10.7. The minimum atomic E-state index is -0.122. The van der Waals surface area contributed by atoms with Crippen molar-refractivity contribution in [2.24, 2.45) is 5.92 Å². The van der Waals surface area contributed by atoms with Crippen LogP contribution in [0.15, 0.2) is 11.6 Å². The number of hydrogen-bond acceptors (Lipinski definition) is 4. The molecule has 6 heteroatoms. The van der Waals surface area contributed by atoms with Gasteiger partial charge in [-0.3, -0.25) is 9.59 Å². The number of likely N-dealkylation sites (tertiary alicyclic amines) is 2. The number of carbonyl (C=O) groups excluding carboxylic acids is 2. The van der Waals surface area contributed by atoms with E-state index in [1.807, 2.05) is 21.4 Å². The van der Waals surface area contributed by atoms with Gasteiger partial charge in [0.25, 0.3) is 0 Å².